The molecule has 7 heteroatoms. The van der Waals surface area contributed by atoms with E-state index in [1.807, 2.05) is 0 Å². The summed E-state index contributed by atoms with van der Waals surface area (Å²) in [6.07, 6.45) is -5.45. The van der Waals surface area contributed by atoms with Gasteiger partial charge in [-0.25, -0.2) is 0 Å². The minimum Gasteiger partial charge on any atom is -0.391 e. The number of rotatable bonds is 1. The molecule has 7 nitrogen and oxygen atoms in total. The molecule has 0 saturated carbocycles. The van der Waals surface area contributed by atoms with Gasteiger partial charge in [-0.1, -0.05) is 0 Å². The van der Waals surface area contributed by atoms with Gasteiger partial charge in [0.2, 0.25) is 0 Å². The van der Waals surface area contributed by atoms with E-state index < -0.39 is 36.6 Å². The Morgan fingerprint density at radius 2 is 1.92 bits per heavy atom. The quantitative estimate of drug-likeness (QED) is 0.251. The van der Waals surface area contributed by atoms with Crippen molar-refractivity contribution < 1.29 is 30.3 Å². The maximum absolute atomic E-state index is 10.8. The Balaban J connectivity index is 2.88. The largest absolute Gasteiger partial charge is 0.391 e. The topological polar surface area (TPSA) is 130 Å². The molecule has 0 aromatic heterocycles. The predicted octanol–water partition coefficient (Wildman–Crippen LogP) is -4.12. The number of hydrogen-bond donors (Lipinski definition) is 6. The van der Waals surface area contributed by atoms with Crippen molar-refractivity contribution in [2.24, 2.45) is 0 Å². The van der Waals surface area contributed by atoms with Gasteiger partial charge in [-0.05, 0) is 0 Å². The van der Waals surface area contributed by atoms with E-state index in [0.717, 1.165) is 0 Å². The van der Waals surface area contributed by atoms with Gasteiger partial charge in [-0.2, -0.15) is 0 Å². The molecule has 1 aliphatic heterocycles. The van der Waals surface area contributed by atoms with Gasteiger partial charge < -0.3 is 30.8 Å². The van der Waals surface area contributed by atoms with Crippen LogP contribution in [0.15, 0.2) is 0 Å². The van der Waals surface area contributed by atoms with Gasteiger partial charge in [-0.3, -0.25) is 4.79 Å². The van der Waals surface area contributed by atoms with Gasteiger partial charge in [0.1, 0.15) is 12.2 Å². The van der Waals surface area contributed by atoms with Crippen molar-refractivity contribution >= 4 is 5.91 Å². The highest BCUT2D eigenvalue weighted by molar-refractivity contribution is 5.83. The summed E-state index contributed by atoms with van der Waals surface area (Å²) in [6.45, 7) is -0.955. The van der Waals surface area contributed by atoms with E-state index in [0.29, 0.717) is 0 Å². The lowest BCUT2D eigenvalue weighted by molar-refractivity contribution is -0.210. The number of amides is 1. The molecule has 1 fully saturated rings. The molecule has 0 unspecified atom stereocenters. The summed E-state index contributed by atoms with van der Waals surface area (Å²) in [5.41, 5.74) is -2.30. The molecule has 13 heavy (non-hydrogen) atoms. The van der Waals surface area contributed by atoms with E-state index in [2.05, 4.69) is 0 Å². The second-order valence-electron chi connectivity index (χ2n) is 2.95. The van der Waals surface area contributed by atoms with Crippen molar-refractivity contribution in [2.45, 2.75) is 24.0 Å². The Hall–Kier alpha value is -0.730. The molecular weight excluding hydrogens is 182 g/mol. The average Bonchev–Trinajstić information content (AvgIpc) is 2.12. The Kier molecular flexibility index (Phi) is 2.55. The van der Waals surface area contributed by atoms with E-state index in [1.54, 1.807) is 5.32 Å². The van der Waals surface area contributed by atoms with Crippen molar-refractivity contribution in [3.8, 4) is 0 Å². The van der Waals surface area contributed by atoms with Crippen LogP contribution < -0.4 is 5.32 Å². The van der Waals surface area contributed by atoms with Crippen LogP contribution in [0.5, 0.6) is 0 Å². The summed E-state index contributed by atoms with van der Waals surface area (Å²) in [7, 11) is 0. The zero-order valence-corrected chi connectivity index (χ0v) is 6.58. The van der Waals surface area contributed by atoms with Gasteiger partial charge in [0.05, 0.1) is 6.61 Å². The summed E-state index contributed by atoms with van der Waals surface area (Å²) in [5.74, 6) is -1.05. The second-order valence-corrected chi connectivity index (χ2v) is 2.95. The molecule has 0 radical (unpaired) electrons. The van der Waals surface area contributed by atoms with Crippen molar-refractivity contribution in [3.63, 3.8) is 0 Å². The Bertz CT molecular complexity index is 221. The molecule has 76 valence electrons. The van der Waals surface area contributed by atoms with Gasteiger partial charge in [-0.15, -0.1) is 0 Å². The van der Waals surface area contributed by atoms with E-state index >= 15 is 0 Å². The molecule has 1 saturated heterocycles. The number of carbonyl (C=O) groups is 1. The zero-order valence-electron chi connectivity index (χ0n) is 6.58. The monoisotopic (exact) mass is 193 g/mol. The van der Waals surface area contributed by atoms with E-state index in [1.165, 1.54) is 0 Å². The highest BCUT2D eigenvalue weighted by Crippen LogP contribution is 2.18. The number of piperidine rings is 1. The van der Waals surface area contributed by atoms with E-state index in [-0.39, 0.29) is 0 Å². The van der Waals surface area contributed by atoms with Crippen LogP contribution >= 0.6 is 0 Å². The third kappa shape index (κ3) is 1.52. The third-order valence-corrected chi connectivity index (χ3v) is 1.99. The first-order valence-electron chi connectivity index (χ1n) is 3.62. The zero-order chi connectivity index (χ0) is 10.2. The lowest BCUT2D eigenvalue weighted by atomic mass is 9.93. The average molecular weight is 193 g/mol. The van der Waals surface area contributed by atoms with Crippen LogP contribution in [-0.2, 0) is 4.79 Å². The fourth-order valence-corrected chi connectivity index (χ4v) is 1.10. The molecule has 0 bridgehead atoms. The summed E-state index contributed by atoms with van der Waals surface area (Å²) < 4.78 is 0. The van der Waals surface area contributed by atoms with Gasteiger partial charge in [0.25, 0.3) is 5.91 Å². The first-order chi connectivity index (χ1) is 5.92. The lowest BCUT2D eigenvalue weighted by Gasteiger charge is -2.40. The molecule has 0 aliphatic carbocycles. The molecule has 6 N–H and O–H groups in total. The molecule has 0 aromatic rings. The highest BCUT2D eigenvalue weighted by atomic mass is 16.4. The van der Waals surface area contributed by atoms with E-state index in [4.69, 9.17) is 20.4 Å². The molecule has 1 rings (SSSR count). The van der Waals surface area contributed by atoms with E-state index in [9.17, 15) is 9.90 Å². The summed E-state index contributed by atoms with van der Waals surface area (Å²) in [6, 6.07) is 0. The van der Waals surface area contributed by atoms with Crippen molar-refractivity contribution in [3.05, 3.63) is 0 Å². The first kappa shape index (κ1) is 10.4. The standard InChI is InChI=1S/C6H11NO6/c8-1-6(13)4(11)2(9)3(10)5(12)7-6/h2-4,8-11,13H,1H2,(H,7,12)/t2-,3+,4+,6-/m1/s1. The van der Waals surface area contributed by atoms with Crippen molar-refractivity contribution in [1.82, 2.24) is 5.32 Å². The van der Waals surface area contributed by atoms with Crippen molar-refractivity contribution in [1.29, 1.82) is 0 Å². The highest BCUT2D eigenvalue weighted by Gasteiger charge is 2.50. The molecule has 1 aliphatic rings. The molecule has 1 amide bonds. The lowest BCUT2D eigenvalue weighted by Crippen LogP contribution is -2.72. The number of nitrogens with one attached hydrogen (secondary N) is 1. The molecule has 0 spiro atoms. The Labute approximate surface area is 73.2 Å². The third-order valence-electron chi connectivity index (χ3n) is 1.99. The predicted molar refractivity (Wildman–Crippen MR) is 38.2 cm³/mol. The maximum Gasteiger partial charge on any atom is 0.253 e. The summed E-state index contributed by atoms with van der Waals surface area (Å²) in [5, 5.41) is 46.8. The van der Waals surface area contributed by atoms with Gasteiger partial charge >= 0.3 is 0 Å². The minimum absolute atomic E-state index is 0.955. The van der Waals surface area contributed by atoms with Gasteiger partial charge in [0, 0.05) is 0 Å². The Morgan fingerprint density at radius 1 is 1.38 bits per heavy atom. The number of aliphatic hydroxyl groups is 5. The molecule has 0 aromatic carbocycles. The molecular formula is C6H11NO6. The summed E-state index contributed by atoms with van der Waals surface area (Å²) in [4.78, 5) is 10.8. The van der Waals surface area contributed by atoms with Crippen LogP contribution in [0.2, 0.25) is 0 Å². The number of carbonyl (C=O) groups excluding carboxylic acids is 1. The van der Waals surface area contributed by atoms with Crippen LogP contribution in [0, 0.1) is 0 Å². The normalized spacial score (nSPS) is 45.9. The van der Waals surface area contributed by atoms with Crippen molar-refractivity contribution in [2.75, 3.05) is 6.61 Å². The first-order valence-corrected chi connectivity index (χ1v) is 3.62. The van der Waals surface area contributed by atoms with Crippen LogP contribution in [0.4, 0.5) is 0 Å². The smallest absolute Gasteiger partial charge is 0.253 e. The molecule has 1 heterocycles. The fraction of sp³-hybridized carbons (Fsp3) is 0.833. The Morgan fingerprint density at radius 3 is 2.38 bits per heavy atom. The van der Waals surface area contributed by atoms with Crippen LogP contribution in [0.25, 0.3) is 0 Å². The number of aliphatic hydroxyl groups excluding tert-OH is 4. The van der Waals surface area contributed by atoms with Crippen LogP contribution in [-0.4, -0.2) is 62.1 Å². The maximum atomic E-state index is 10.8. The fourth-order valence-electron chi connectivity index (χ4n) is 1.10. The van der Waals surface area contributed by atoms with Crippen LogP contribution in [0.1, 0.15) is 0 Å². The van der Waals surface area contributed by atoms with Gasteiger partial charge in [0.15, 0.2) is 11.8 Å². The molecule has 4 atom stereocenters. The summed E-state index contributed by atoms with van der Waals surface area (Å²) >= 11 is 0. The number of hydrogen-bond acceptors (Lipinski definition) is 6. The SMILES string of the molecule is O=C1N[C@@](O)(CO)[C@@H](O)[C@H](O)[C@@H]1O. The minimum atomic E-state index is -2.30. The second kappa shape index (κ2) is 3.20. The van der Waals surface area contributed by atoms with Crippen LogP contribution in [0.3, 0.4) is 0 Å².